The first-order valence-corrected chi connectivity index (χ1v) is 5.78. The second-order valence-corrected chi connectivity index (χ2v) is 5.35. The van der Waals surface area contributed by atoms with E-state index in [0.29, 0.717) is 6.61 Å². The van der Waals surface area contributed by atoms with Crippen molar-refractivity contribution in [3.8, 4) is 0 Å². The molecule has 1 N–H and O–H groups in total. The van der Waals surface area contributed by atoms with Gasteiger partial charge in [-0.15, -0.1) is 0 Å². The van der Waals surface area contributed by atoms with Crippen LogP contribution in [0.3, 0.4) is 0 Å². The smallest absolute Gasteiger partial charge is 0.249 e. The maximum atomic E-state index is 11.9. The summed E-state index contributed by atoms with van der Waals surface area (Å²) in [4.78, 5) is 23.6. The molecule has 4 heteroatoms. The topological polar surface area (TPSA) is 55.4 Å². The van der Waals surface area contributed by atoms with Gasteiger partial charge in [0.15, 0.2) is 5.78 Å². The molecule has 0 bridgehead atoms. The molecule has 0 saturated carbocycles. The predicted octanol–water partition coefficient (Wildman–Crippen LogP) is 1.29. The van der Waals surface area contributed by atoms with Crippen molar-refractivity contribution in [3.05, 3.63) is 0 Å². The Labute approximate surface area is 96.7 Å². The van der Waals surface area contributed by atoms with Crippen molar-refractivity contribution in [1.29, 1.82) is 0 Å². The largest absolute Gasteiger partial charge is 0.368 e. The van der Waals surface area contributed by atoms with Crippen LogP contribution in [0, 0.1) is 5.41 Å². The minimum atomic E-state index is -0.448. The van der Waals surface area contributed by atoms with Gasteiger partial charge in [0, 0.05) is 12.0 Å². The molecular formula is C12H21NO3. The quantitative estimate of drug-likeness (QED) is 0.790. The zero-order valence-corrected chi connectivity index (χ0v) is 10.5. The summed E-state index contributed by atoms with van der Waals surface area (Å²) in [5, 5.41) is 2.71. The van der Waals surface area contributed by atoms with Crippen LogP contribution in [0.5, 0.6) is 0 Å². The van der Waals surface area contributed by atoms with Crippen LogP contribution < -0.4 is 5.32 Å². The van der Waals surface area contributed by atoms with Crippen molar-refractivity contribution in [1.82, 2.24) is 5.32 Å². The summed E-state index contributed by atoms with van der Waals surface area (Å²) < 4.78 is 5.26. The van der Waals surface area contributed by atoms with Gasteiger partial charge in [0.25, 0.3) is 0 Å². The SMILES string of the molecule is C[C@H](NC(=O)[C@H]1CCCO1)C(=O)C(C)(C)C. The number of carbonyl (C=O) groups excluding carboxylic acids is 2. The lowest BCUT2D eigenvalue weighted by Gasteiger charge is -2.23. The number of ether oxygens (including phenoxy) is 1. The molecular weight excluding hydrogens is 206 g/mol. The highest BCUT2D eigenvalue weighted by atomic mass is 16.5. The highest BCUT2D eigenvalue weighted by Crippen LogP contribution is 2.17. The zero-order valence-electron chi connectivity index (χ0n) is 10.5. The molecule has 1 rings (SSSR count). The highest BCUT2D eigenvalue weighted by Gasteiger charge is 2.30. The number of hydrogen-bond acceptors (Lipinski definition) is 3. The van der Waals surface area contributed by atoms with E-state index in [4.69, 9.17) is 4.74 Å². The van der Waals surface area contributed by atoms with Gasteiger partial charge in [0.2, 0.25) is 5.91 Å². The van der Waals surface area contributed by atoms with Crippen LogP contribution in [-0.2, 0) is 14.3 Å². The van der Waals surface area contributed by atoms with Crippen LogP contribution in [-0.4, -0.2) is 30.4 Å². The van der Waals surface area contributed by atoms with E-state index in [1.807, 2.05) is 20.8 Å². The molecule has 0 aromatic carbocycles. The average Bonchev–Trinajstić information content (AvgIpc) is 2.67. The van der Waals surface area contributed by atoms with Crippen molar-refractivity contribution in [2.45, 2.75) is 52.7 Å². The Kier molecular flexibility index (Phi) is 4.08. The second kappa shape index (κ2) is 4.95. The molecule has 0 unspecified atom stereocenters. The summed E-state index contributed by atoms with van der Waals surface area (Å²) in [6.07, 6.45) is 1.30. The van der Waals surface area contributed by atoms with Crippen LogP contribution >= 0.6 is 0 Å². The van der Waals surface area contributed by atoms with Gasteiger partial charge in [-0.2, -0.15) is 0 Å². The summed E-state index contributed by atoms with van der Waals surface area (Å²) in [5.41, 5.74) is -0.427. The fraction of sp³-hybridized carbons (Fsp3) is 0.833. The first-order chi connectivity index (χ1) is 7.32. The van der Waals surface area contributed by atoms with E-state index >= 15 is 0 Å². The molecule has 2 atom stereocenters. The maximum Gasteiger partial charge on any atom is 0.249 e. The minimum absolute atomic E-state index is 0.0406. The Hall–Kier alpha value is -0.900. The Morgan fingerprint density at radius 2 is 2.00 bits per heavy atom. The lowest BCUT2D eigenvalue weighted by Crippen LogP contribution is -2.47. The number of ketones is 1. The van der Waals surface area contributed by atoms with Crippen LogP contribution in [0.1, 0.15) is 40.5 Å². The number of amides is 1. The molecule has 1 fully saturated rings. The minimum Gasteiger partial charge on any atom is -0.368 e. The number of hydrogen-bond donors (Lipinski definition) is 1. The molecule has 0 aromatic heterocycles. The van der Waals surface area contributed by atoms with Crippen molar-refractivity contribution in [3.63, 3.8) is 0 Å². The maximum absolute atomic E-state index is 11.9. The Morgan fingerprint density at radius 3 is 2.44 bits per heavy atom. The zero-order chi connectivity index (χ0) is 12.3. The molecule has 16 heavy (non-hydrogen) atoms. The van der Waals surface area contributed by atoms with Crippen LogP contribution in [0.2, 0.25) is 0 Å². The molecule has 4 nitrogen and oxygen atoms in total. The molecule has 1 amide bonds. The van der Waals surface area contributed by atoms with Crippen LogP contribution in [0.4, 0.5) is 0 Å². The fourth-order valence-corrected chi connectivity index (χ4v) is 1.81. The number of rotatable bonds is 3. The molecule has 1 heterocycles. The molecule has 0 aliphatic carbocycles. The lowest BCUT2D eigenvalue weighted by atomic mass is 9.87. The molecule has 1 aliphatic heterocycles. The molecule has 0 aromatic rings. The number of carbonyl (C=O) groups is 2. The van der Waals surface area contributed by atoms with Crippen molar-refractivity contribution < 1.29 is 14.3 Å². The highest BCUT2D eigenvalue weighted by molar-refractivity contribution is 5.93. The third-order valence-electron chi connectivity index (χ3n) is 2.71. The predicted molar refractivity (Wildman–Crippen MR) is 61.0 cm³/mol. The summed E-state index contributed by atoms with van der Waals surface area (Å²) in [7, 11) is 0. The van der Waals surface area contributed by atoms with Gasteiger partial charge >= 0.3 is 0 Å². The van der Waals surface area contributed by atoms with Gasteiger partial charge in [-0.3, -0.25) is 9.59 Å². The summed E-state index contributed by atoms with van der Waals surface area (Å²) in [6, 6.07) is -0.448. The van der Waals surface area contributed by atoms with Crippen LogP contribution in [0.15, 0.2) is 0 Å². The van der Waals surface area contributed by atoms with Gasteiger partial charge in [-0.25, -0.2) is 0 Å². The van der Waals surface area contributed by atoms with Crippen molar-refractivity contribution in [2.24, 2.45) is 5.41 Å². The fourth-order valence-electron chi connectivity index (χ4n) is 1.81. The normalized spacial score (nSPS) is 22.9. The standard InChI is InChI=1S/C12H21NO3/c1-8(10(14)12(2,3)4)13-11(15)9-6-5-7-16-9/h8-9H,5-7H2,1-4H3,(H,13,15)/t8-,9+/m0/s1. The molecule has 1 aliphatic rings. The second-order valence-electron chi connectivity index (χ2n) is 5.35. The van der Waals surface area contributed by atoms with E-state index in [-0.39, 0.29) is 17.8 Å². The molecule has 0 spiro atoms. The van der Waals surface area contributed by atoms with Gasteiger partial charge in [0.05, 0.1) is 6.04 Å². The Morgan fingerprint density at radius 1 is 1.38 bits per heavy atom. The van der Waals surface area contributed by atoms with Crippen LogP contribution in [0.25, 0.3) is 0 Å². The van der Waals surface area contributed by atoms with Gasteiger partial charge < -0.3 is 10.1 Å². The van der Waals surface area contributed by atoms with Gasteiger partial charge in [-0.05, 0) is 19.8 Å². The number of Topliss-reactive ketones (excluding diaryl/α,β-unsaturated/α-hetero) is 1. The summed E-state index contributed by atoms with van der Waals surface area (Å²) in [5.74, 6) is -0.124. The summed E-state index contributed by atoms with van der Waals surface area (Å²) in [6.45, 7) is 7.91. The number of nitrogens with one attached hydrogen (secondary N) is 1. The molecule has 92 valence electrons. The van der Waals surface area contributed by atoms with E-state index < -0.39 is 11.5 Å². The van der Waals surface area contributed by atoms with Gasteiger partial charge in [-0.1, -0.05) is 20.8 Å². The van der Waals surface area contributed by atoms with Gasteiger partial charge in [0.1, 0.15) is 6.10 Å². The lowest BCUT2D eigenvalue weighted by molar-refractivity contribution is -0.136. The van der Waals surface area contributed by atoms with E-state index in [2.05, 4.69) is 5.32 Å². The molecule has 0 radical (unpaired) electrons. The average molecular weight is 227 g/mol. The Bertz CT molecular complexity index is 274. The Balaban J connectivity index is 2.47. The van der Waals surface area contributed by atoms with E-state index in [0.717, 1.165) is 12.8 Å². The monoisotopic (exact) mass is 227 g/mol. The first-order valence-electron chi connectivity index (χ1n) is 5.78. The third kappa shape index (κ3) is 3.30. The third-order valence-corrected chi connectivity index (χ3v) is 2.71. The van der Waals surface area contributed by atoms with E-state index in [1.54, 1.807) is 6.92 Å². The summed E-state index contributed by atoms with van der Waals surface area (Å²) >= 11 is 0. The van der Waals surface area contributed by atoms with E-state index in [1.165, 1.54) is 0 Å². The first kappa shape index (κ1) is 13.2. The van der Waals surface area contributed by atoms with E-state index in [9.17, 15) is 9.59 Å². The van der Waals surface area contributed by atoms with Crippen molar-refractivity contribution in [2.75, 3.05) is 6.61 Å². The van der Waals surface area contributed by atoms with Crippen molar-refractivity contribution >= 4 is 11.7 Å². The molecule has 1 saturated heterocycles.